The van der Waals surface area contributed by atoms with Gasteiger partial charge in [0.15, 0.2) is 0 Å². The fourth-order valence-electron chi connectivity index (χ4n) is 1.91. The van der Waals surface area contributed by atoms with E-state index in [0.29, 0.717) is 13.2 Å². The van der Waals surface area contributed by atoms with Gasteiger partial charge in [0.25, 0.3) is 0 Å². The number of para-hydroxylation sites is 1. The zero-order chi connectivity index (χ0) is 12.3. The van der Waals surface area contributed by atoms with Crippen molar-refractivity contribution in [2.75, 3.05) is 26.1 Å². The van der Waals surface area contributed by atoms with Crippen LogP contribution in [-0.2, 0) is 11.3 Å². The van der Waals surface area contributed by atoms with Crippen molar-refractivity contribution in [3.05, 3.63) is 24.5 Å². The number of hydrogen-bond donors (Lipinski definition) is 2. The SMILES string of the molecule is CNc1cccc2c1ncn2C[C@H](O)COC. The second-order valence-corrected chi connectivity index (χ2v) is 3.93. The van der Waals surface area contributed by atoms with Gasteiger partial charge in [-0.05, 0) is 12.1 Å². The third-order valence-corrected chi connectivity index (χ3v) is 2.69. The van der Waals surface area contributed by atoms with E-state index in [4.69, 9.17) is 4.74 Å². The van der Waals surface area contributed by atoms with Crippen LogP contribution in [0.5, 0.6) is 0 Å². The van der Waals surface area contributed by atoms with Gasteiger partial charge in [0.2, 0.25) is 0 Å². The average molecular weight is 235 g/mol. The van der Waals surface area contributed by atoms with Gasteiger partial charge in [-0.25, -0.2) is 4.98 Å². The van der Waals surface area contributed by atoms with Gasteiger partial charge in [-0.15, -0.1) is 0 Å². The van der Waals surface area contributed by atoms with Crippen LogP contribution >= 0.6 is 0 Å². The van der Waals surface area contributed by atoms with E-state index in [2.05, 4.69) is 10.3 Å². The van der Waals surface area contributed by atoms with Crippen molar-refractivity contribution >= 4 is 16.7 Å². The van der Waals surface area contributed by atoms with Gasteiger partial charge in [0.1, 0.15) is 5.52 Å². The summed E-state index contributed by atoms with van der Waals surface area (Å²) >= 11 is 0. The van der Waals surface area contributed by atoms with Crippen molar-refractivity contribution in [2.45, 2.75) is 12.6 Å². The number of aromatic nitrogens is 2. The number of nitrogens with one attached hydrogen (secondary N) is 1. The molecular weight excluding hydrogens is 218 g/mol. The van der Waals surface area contributed by atoms with E-state index in [1.54, 1.807) is 13.4 Å². The molecule has 1 aromatic carbocycles. The smallest absolute Gasteiger partial charge is 0.112 e. The molecule has 0 spiro atoms. The minimum Gasteiger partial charge on any atom is -0.389 e. The van der Waals surface area contributed by atoms with E-state index < -0.39 is 6.10 Å². The number of aliphatic hydroxyl groups excluding tert-OH is 1. The predicted octanol–water partition coefficient (Wildman–Crippen LogP) is 1.09. The van der Waals surface area contributed by atoms with Gasteiger partial charge in [-0.2, -0.15) is 0 Å². The van der Waals surface area contributed by atoms with Gasteiger partial charge in [-0.1, -0.05) is 6.07 Å². The highest BCUT2D eigenvalue weighted by Crippen LogP contribution is 2.21. The summed E-state index contributed by atoms with van der Waals surface area (Å²) in [6, 6.07) is 5.93. The minimum absolute atomic E-state index is 0.325. The number of aliphatic hydroxyl groups is 1. The molecule has 0 aliphatic carbocycles. The summed E-state index contributed by atoms with van der Waals surface area (Å²) in [6.07, 6.45) is 1.22. The Labute approximate surface area is 100 Å². The van der Waals surface area contributed by atoms with Crippen molar-refractivity contribution in [3.63, 3.8) is 0 Å². The van der Waals surface area contributed by atoms with Gasteiger partial charge < -0.3 is 19.7 Å². The quantitative estimate of drug-likeness (QED) is 0.814. The van der Waals surface area contributed by atoms with Crippen LogP contribution in [0.3, 0.4) is 0 Å². The lowest BCUT2D eigenvalue weighted by molar-refractivity contribution is 0.0544. The van der Waals surface area contributed by atoms with Crippen molar-refractivity contribution < 1.29 is 9.84 Å². The summed E-state index contributed by atoms with van der Waals surface area (Å²) in [5.41, 5.74) is 2.91. The Balaban J connectivity index is 2.30. The van der Waals surface area contributed by atoms with Crippen LogP contribution < -0.4 is 5.32 Å². The first-order valence-electron chi connectivity index (χ1n) is 5.55. The Morgan fingerprint density at radius 3 is 3.06 bits per heavy atom. The van der Waals surface area contributed by atoms with Gasteiger partial charge in [0.05, 0.1) is 36.8 Å². The molecular formula is C12H17N3O2. The molecule has 92 valence electrons. The number of benzene rings is 1. The van der Waals surface area contributed by atoms with Crippen LogP contribution in [0.15, 0.2) is 24.5 Å². The topological polar surface area (TPSA) is 59.3 Å². The molecule has 5 nitrogen and oxygen atoms in total. The number of hydrogen-bond acceptors (Lipinski definition) is 4. The minimum atomic E-state index is -0.518. The molecule has 0 aliphatic heterocycles. The van der Waals surface area contributed by atoms with Crippen molar-refractivity contribution in [3.8, 4) is 0 Å². The van der Waals surface area contributed by atoms with Gasteiger partial charge >= 0.3 is 0 Å². The van der Waals surface area contributed by atoms with Gasteiger partial charge in [0, 0.05) is 14.2 Å². The van der Waals surface area contributed by atoms with Crippen LogP contribution in [0.2, 0.25) is 0 Å². The first-order chi connectivity index (χ1) is 8.26. The van der Waals surface area contributed by atoms with Crippen molar-refractivity contribution in [1.29, 1.82) is 0 Å². The second kappa shape index (κ2) is 5.16. The molecule has 17 heavy (non-hydrogen) atoms. The molecule has 5 heteroatoms. The number of nitrogens with zero attached hydrogens (tertiary/aromatic N) is 2. The Hall–Kier alpha value is -1.59. The normalized spacial score (nSPS) is 12.9. The average Bonchev–Trinajstić information content (AvgIpc) is 2.73. The number of fused-ring (bicyclic) bond motifs is 1. The van der Waals surface area contributed by atoms with Crippen LogP contribution in [0.4, 0.5) is 5.69 Å². The molecule has 0 fully saturated rings. The first kappa shape index (κ1) is 11.9. The molecule has 1 atom stereocenters. The fourth-order valence-corrected chi connectivity index (χ4v) is 1.91. The van der Waals surface area contributed by atoms with E-state index in [-0.39, 0.29) is 0 Å². The molecule has 0 aliphatic rings. The zero-order valence-corrected chi connectivity index (χ0v) is 10.1. The Kier molecular flexibility index (Phi) is 3.61. The summed E-state index contributed by atoms with van der Waals surface area (Å²) in [7, 11) is 3.45. The van der Waals surface area contributed by atoms with Gasteiger partial charge in [-0.3, -0.25) is 0 Å². The lowest BCUT2D eigenvalue weighted by atomic mass is 10.2. The molecule has 1 heterocycles. The maximum Gasteiger partial charge on any atom is 0.112 e. The molecule has 0 radical (unpaired) electrons. The van der Waals surface area contributed by atoms with Crippen molar-refractivity contribution in [1.82, 2.24) is 9.55 Å². The predicted molar refractivity (Wildman–Crippen MR) is 67.2 cm³/mol. The largest absolute Gasteiger partial charge is 0.389 e. The number of ether oxygens (including phenoxy) is 1. The highest BCUT2D eigenvalue weighted by atomic mass is 16.5. The molecule has 0 bridgehead atoms. The maximum absolute atomic E-state index is 9.72. The van der Waals surface area contributed by atoms with E-state index in [0.717, 1.165) is 16.7 Å². The molecule has 2 rings (SSSR count). The molecule has 2 aromatic rings. The first-order valence-corrected chi connectivity index (χ1v) is 5.55. The Morgan fingerprint density at radius 2 is 2.35 bits per heavy atom. The van der Waals surface area contributed by atoms with Crippen LogP contribution in [0.1, 0.15) is 0 Å². The second-order valence-electron chi connectivity index (χ2n) is 3.93. The lowest BCUT2D eigenvalue weighted by Crippen LogP contribution is -2.20. The molecule has 2 N–H and O–H groups in total. The van der Waals surface area contributed by atoms with Crippen molar-refractivity contribution in [2.24, 2.45) is 0 Å². The highest BCUT2D eigenvalue weighted by Gasteiger charge is 2.09. The van der Waals surface area contributed by atoms with Crippen LogP contribution in [0, 0.1) is 0 Å². The third kappa shape index (κ3) is 2.40. The van der Waals surface area contributed by atoms with E-state index in [9.17, 15) is 5.11 Å². The fraction of sp³-hybridized carbons (Fsp3) is 0.417. The van der Waals surface area contributed by atoms with E-state index in [1.807, 2.05) is 29.8 Å². The molecule has 1 aromatic heterocycles. The summed E-state index contributed by atoms with van der Waals surface area (Å²) in [5.74, 6) is 0. The Morgan fingerprint density at radius 1 is 1.53 bits per heavy atom. The standard InChI is InChI=1S/C12H17N3O2/c1-13-10-4-3-5-11-12(10)14-8-15(11)6-9(16)7-17-2/h3-5,8-9,13,16H,6-7H2,1-2H3/t9-/m0/s1. The maximum atomic E-state index is 9.72. The van der Waals surface area contributed by atoms with E-state index >= 15 is 0 Å². The highest BCUT2D eigenvalue weighted by molar-refractivity contribution is 5.88. The zero-order valence-electron chi connectivity index (χ0n) is 10.1. The summed E-state index contributed by atoms with van der Waals surface area (Å²) in [5, 5.41) is 12.8. The monoisotopic (exact) mass is 235 g/mol. The summed E-state index contributed by atoms with van der Waals surface area (Å²) in [6.45, 7) is 0.808. The number of methoxy groups -OCH3 is 1. The van der Waals surface area contributed by atoms with E-state index in [1.165, 1.54) is 0 Å². The molecule has 0 saturated carbocycles. The molecule has 0 amide bonds. The van der Waals surface area contributed by atoms with Crippen LogP contribution in [0.25, 0.3) is 11.0 Å². The molecule has 0 unspecified atom stereocenters. The Bertz CT molecular complexity index is 495. The van der Waals surface area contributed by atoms with Crippen LogP contribution in [-0.4, -0.2) is 41.5 Å². The molecule has 0 saturated heterocycles. The number of rotatable bonds is 5. The lowest BCUT2D eigenvalue weighted by Gasteiger charge is -2.11. The number of anilines is 1. The number of imidazole rings is 1. The summed E-state index contributed by atoms with van der Waals surface area (Å²) in [4.78, 5) is 4.35. The summed E-state index contributed by atoms with van der Waals surface area (Å²) < 4.78 is 6.84. The third-order valence-electron chi connectivity index (χ3n) is 2.69.